The first-order valence-electron chi connectivity index (χ1n) is 8.33. The number of Topliss-reactive ketones (excluding diaryl/α,β-unsaturated/α-hetero) is 3. The largest absolute Gasteiger partial charge is 0.411 e. The number of hydrogen-bond acceptors (Lipinski definition) is 6. The van der Waals surface area contributed by atoms with Crippen LogP contribution in [0, 0.1) is 11.8 Å². The molecule has 28 heavy (non-hydrogen) atoms. The topological polar surface area (TPSA) is 94.6 Å². The Morgan fingerprint density at radius 1 is 1.21 bits per heavy atom. The van der Waals surface area contributed by atoms with E-state index in [2.05, 4.69) is 4.74 Å². The number of rotatable bonds is 6. The van der Waals surface area contributed by atoms with E-state index < -0.39 is 63.8 Å². The molecule has 0 aliphatic heterocycles. The molecule has 0 N–H and O–H groups in total. The van der Waals surface area contributed by atoms with Gasteiger partial charge in [0.15, 0.2) is 27.2 Å². The molecule has 1 fully saturated rings. The highest BCUT2D eigenvalue weighted by molar-refractivity contribution is 7.94. The van der Waals surface area contributed by atoms with E-state index in [0.717, 1.165) is 18.4 Å². The number of sulfone groups is 1. The molecule has 0 radical (unpaired) electrons. The van der Waals surface area contributed by atoms with Gasteiger partial charge in [-0.2, -0.15) is 13.2 Å². The van der Waals surface area contributed by atoms with Gasteiger partial charge in [0, 0.05) is 30.6 Å². The van der Waals surface area contributed by atoms with Crippen LogP contribution in [-0.4, -0.2) is 56.8 Å². The summed E-state index contributed by atoms with van der Waals surface area (Å²) < 4.78 is 65.5. The second-order valence-corrected chi connectivity index (χ2v) is 9.17. The maximum atomic E-state index is 12.7. The highest BCUT2D eigenvalue weighted by atomic mass is 35.5. The van der Waals surface area contributed by atoms with E-state index in [4.69, 9.17) is 11.6 Å². The SMILES string of the molecule is CS(=O)(=O)C1=CC=C(C(=O)C2C(=O)CCCC2=O)C(Cl)C1COCC(F)(F)F. The molecule has 2 unspecified atom stereocenters. The smallest absolute Gasteiger partial charge is 0.371 e. The first-order valence-corrected chi connectivity index (χ1v) is 10.7. The molecule has 2 aliphatic carbocycles. The zero-order chi connectivity index (χ0) is 21.3. The van der Waals surface area contributed by atoms with Crippen LogP contribution in [0.15, 0.2) is 22.6 Å². The van der Waals surface area contributed by atoms with Crippen molar-refractivity contribution >= 4 is 38.8 Å². The van der Waals surface area contributed by atoms with Crippen LogP contribution in [0.3, 0.4) is 0 Å². The van der Waals surface area contributed by atoms with Crippen molar-refractivity contribution in [2.75, 3.05) is 19.5 Å². The number of ether oxygens (including phenoxy) is 1. The van der Waals surface area contributed by atoms with Gasteiger partial charge in [0.1, 0.15) is 12.5 Å². The average molecular weight is 443 g/mol. The molecule has 0 bridgehead atoms. The standard InChI is InChI=1S/C17H18ClF3O6S/c1-28(25,26)13-6-5-9(15(18)10(13)7-27-8-17(19,20)21)16(24)14-11(22)3-2-4-12(14)23/h5-6,10,14-15H,2-4,7-8H2,1H3. The molecular weight excluding hydrogens is 425 g/mol. The molecule has 0 amide bonds. The predicted octanol–water partition coefficient (Wildman–Crippen LogP) is 2.16. The quantitative estimate of drug-likeness (QED) is 0.462. The summed E-state index contributed by atoms with van der Waals surface area (Å²) in [6.07, 6.45) is -1.14. The summed E-state index contributed by atoms with van der Waals surface area (Å²) in [4.78, 5) is 36.5. The van der Waals surface area contributed by atoms with Gasteiger partial charge in [-0.25, -0.2) is 8.42 Å². The van der Waals surface area contributed by atoms with Gasteiger partial charge in [-0.1, -0.05) is 6.08 Å². The zero-order valence-corrected chi connectivity index (χ0v) is 16.4. The Morgan fingerprint density at radius 2 is 1.79 bits per heavy atom. The van der Waals surface area contributed by atoms with Crippen LogP contribution in [0.4, 0.5) is 13.2 Å². The molecule has 2 aliphatic rings. The van der Waals surface area contributed by atoms with E-state index >= 15 is 0 Å². The summed E-state index contributed by atoms with van der Waals surface area (Å²) in [6.45, 7) is -2.32. The molecule has 0 aromatic rings. The van der Waals surface area contributed by atoms with E-state index in [1.807, 2.05) is 0 Å². The van der Waals surface area contributed by atoms with E-state index in [9.17, 15) is 36.0 Å². The van der Waals surface area contributed by atoms with Gasteiger partial charge in [-0.05, 0) is 12.5 Å². The van der Waals surface area contributed by atoms with Gasteiger partial charge in [0.2, 0.25) is 0 Å². The van der Waals surface area contributed by atoms with Crippen LogP contribution in [0.25, 0.3) is 0 Å². The van der Waals surface area contributed by atoms with Crippen molar-refractivity contribution in [3.8, 4) is 0 Å². The Kier molecular flexibility index (Phi) is 6.88. The maximum Gasteiger partial charge on any atom is 0.411 e. The van der Waals surface area contributed by atoms with Crippen molar-refractivity contribution in [1.29, 1.82) is 0 Å². The highest BCUT2D eigenvalue weighted by Gasteiger charge is 2.43. The van der Waals surface area contributed by atoms with Crippen LogP contribution in [0.2, 0.25) is 0 Å². The molecule has 0 saturated heterocycles. The van der Waals surface area contributed by atoms with E-state index in [1.54, 1.807) is 0 Å². The van der Waals surface area contributed by atoms with Gasteiger partial charge < -0.3 is 4.74 Å². The Hall–Kier alpha value is -1.52. The third-order valence-electron chi connectivity index (χ3n) is 4.47. The van der Waals surface area contributed by atoms with Crippen LogP contribution < -0.4 is 0 Å². The van der Waals surface area contributed by atoms with Crippen molar-refractivity contribution in [2.24, 2.45) is 11.8 Å². The summed E-state index contributed by atoms with van der Waals surface area (Å²) in [6, 6.07) is 0. The van der Waals surface area contributed by atoms with Crippen molar-refractivity contribution in [3.05, 3.63) is 22.6 Å². The van der Waals surface area contributed by atoms with Crippen molar-refractivity contribution in [3.63, 3.8) is 0 Å². The fourth-order valence-electron chi connectivity index (χ4n) is 3.20. The molecule has 0 aromatic heterocycles. The predicted molar refractivity (Wildman–Crippen MR) is 93.4 cm³/mol. The van der Waals surface area contributed by atoms with E-state index in [0.29, 0.717) is 6.42 Å². The van der Waals surface area contributed by atoms with Gasteiger partial charge in [-0.3, -0.25) is 14.4 Å². The molecule has 0 spiro atoms. The summed E-state index contributed by atoms with van der Waals surface area (Å²) >= 11 is 6.23. The first kappa shape index (κ1) is 22.8. The number of halogens is 4. The van der Waals surface area contributed by atoms with E-state index in [1.165, 1.54) is 0 Å². The number of carbonyl (C=O) groups excluding carboxylic acids is 3. The minimum absolute atomic E-state index is 0.0604. The van der Waals surface area contributed by atoms with Crippen LogP contribution in [0.1, 0.15) is 19.3 Å². The number of ketones is 3. The van der Waals surface area contributed by atoms with Crippen molar-refractivity contribution in [2.45, 2.75) is 30.8 Å². The highest BCUT2D eigenvalue weighted by Crippen LogP contribution is 2.36. The Morgan fingerprint density at radius 3 is 2.29 bits per heavy atom. The molecule has 1 saturated carbocycles. The fraction of sp³-hybridized carbons (Fsp3) is 0.588. The number of alkyl halides is 4. The summed E-state index contributed by atoms with van der Waals surface area (Å²) in [5, 5.41) is -1.36. The second kappa shape index (κ2) is 8.46. The normalized spacial score (nSPS) is 24.8. The average Bonchev–Trinajstić information content (AvgIpc) is 2.53. The van der Waals surface area contributed by atoms with Crippen molar-refractivity contribution in [1.82, 2.24) is 0 Å². The third-order valence-corrected chi connectivity index (χ3v) is 6.31. The van der Waals surface area contributed by atoms with Gasteiger partial charge in [0.25, 0.3) is 0 Å². The Bertz CT molecular complexity index is 827. The number of hydrogen-bond donors (Lipinski definition) is 0. The molecule has 2 rings (SSSR count). The van der Waals surface area contributed by atoms with Crippen LogP contribution >= 0.6 is 11.6 Å². The Labute approximate surface area is 164 Å². The van der Waals surface area contributed by atoms with Gasteiger partial charge in [0.05, 0.1) is 16.9 Å². The monoisotopic (exact) mass is 442 g/mol. The fourth-order valence-corrected chi connectivity index (χ4v) is 4.73. The zero-order valence-electron chi connectivity index (χ0n) is 14.8. The van der Waals surface area contributed by atoms with Crippen molar-refractivity contribution < 1.29 is 40.7 Å². The minimum Gasteiger partial charge on any atom is -0.371 e. The minimum atomic E-state index is -4.62. The lowest BCUT2D eigenvalue weighted by molar-refractivity contribution is -0.175. The maximum absolute atomic E-state index is 12.7. The van der Waals surface area contributed by atoms with Gasteiger partial charge >= 0.3 is 6.18 Å². The molecule has 11 heteroatoms. The molecule has 2 atom stereocenters. The number of carbonyl (C=O) groups is 3. The molecule has 0 heterocycles. The lowest BCUT2D eigenvalue weighted by Gasteiger charge is -2.30. The van der Waals surface area contributed by atoms with Crippen LogP contribution in [0.5, 0.6) is 0 Å². The lowest BCUT2D eigenvalue weighted by Crippen LogP contribution is -2.40. The van der Waals surface area contributed by atoms with E-state index in [-0.39, 0.29) is 23.3 Å². The lowest BCUT2D eigenvalue weighted by atomic mass is 9.78. The molecule has 6 nitrogen and oxygen atoms in total. The summed E-state index contributed by atoms with van der Waals surface area (Å²) in [5.41, 5.74) is -0.191. The number of allylic oxidation sites excluding steroid dienone is 3. The molecule has 156 valence electrons. The first-order chi connectivity index (χ1) is 12.8. The third kappa shape index (κ3) is 5.30. The molecule has 0 aromatic carbocycles. The second-order valence-electron chi connectivity index (χ2n) is 6.69. The summed E-state index contributed by atoms with van der Waals surface area (Å²) in [7, 11) is -3.84. The van der Waals surface area contributed by atoms with Gasteiger partial charge in [-0.15, -0.1) is 11.6 Å². The molecular formula is C17H18ClF3O6S. The Balaban J connectivity index is 2.32. The summed E-state index contributed by atoms with van der Waals surface area (Å²) in [5.74, 6) is -4.72. The van der Waals surface area contributed by atoms with Crippen LogP contribution in [-0.2, 0) is 29.0 Å².